The molecule has 4 aromatic rings. The Morgan fingerprint density at radius 3 is 1.18 bits per heavy atom. The van der Waals surface area contributed by atoms with Crippen LogP contribution in [0, 0.1) is 0 Å². The van der Waals surface area contributed by atoms with Gasteiger partial charge in [0.05, 0.1) is 19.0 Å². The van der Waals surface area contributed by atoms with Crippen LogP contribution < -0.4 is 42.2 Å². The highest BCUT2D eigenvalue weighted by Crippen LogP contribution is 2.20. The van der Waals surface area contributed by atoms with Crippen molar-refractivity contribution in [2.75, 3.05) is 53.3 Å². The standard InChI is InChI=1S/C19H26FNO4.C13H17FN2O2.C9H15BrFNO2.C9H11NO2.C6H7NO.C6H10O3.ClH/c1-5-17(22)21-15-7-9-16(10-8-15)24-13-14(12-20)6-11-18(23)25-19(2,3)4;1-2-13(17)16-11-3-5-12(6-4-11)18-9-10(7-14)8-15;1-9(2,3)14-8(13)12-6-7(4-10)5-11;1-2-9(12)10-7-3-5-8(11)6-4-7;7-5-1-3-6(8)4-2-5;1-3-5(7)9-6(8)4-2;/h7-10,12H,5-6,11,13H2,1-4H3,(H,21,22);3-7H,2,8-9,15H2,1H3,(H,16,17);5H,4,6H2,1-3H3,(H,12,13);3-6,11H,2H2,1H3,(H,10,12);1-4,8H,7H2;3-4H2,1-2H3;1H/b14-12+;10-7+;7-5-;;;;. The number of nitrogens with one attached hydrogen (secondary N) is 4. The number of hydrogen-bond donors (Lipinski definition) is 8. The minimum Gasteiger partial charge on any atom is -0.508 e. The second-order valence-electron chi connectivity index (χ2n) is 19.6. The highest BCUT2D eigenvalue weighted by molar-refractivity contribution is 9.09. The summed E-state index contributed by atoms with van der Waals surface area (Å²) in [5, 5.41) is 28.6. The van der Waals surface area contributed by atoms with Crippen LogP contribution in [0.25, 0.3) is 0 Å². The number of alkyl carbamates (subject to hydrolysis) is 1. The average molecular weight is 1310 g/mol. The number of carbonyl (C=O) groups excluding carboxylic acids is 7. The molecule has 484 valence electrons. The number of anilines is 4. The number of esters is 3. The second kappa shape index (κ2) is 48.1. The van der Waals surface area contributed by atoms with Gasteiger partial charge < -0.3 is 66.6 Å². The Morgan fingerprint density at radius 1 is 0.517 bits per heavy atom. The fourth-order valence-electron chi connectivity index (χ4n) is 5.22. The van der Waals surface area contributed by atoms with Crippen molar-refractivity contribution >= 4 is 92.8 Å². The molecule has 0 aliphatic rings. The Balaban J connectivity index is -0.00000101. The highest BCUT2D eigenvalue weighted by atomic mass is 79.9. The molecule has 0 atom stereocenters. The lowest BCUT2D eigenvalue weighted by atomic mass is 10.1. The summed E-state index contributed by atoms with van der Waals surface area (Å²) in [6, 6.07) is 26.4. The van der Waals surface area contributed by atoms with Crippen LogP contribution in [0.1, 0.15) is 121 Å². The summed E-state index contributed by atoms with van der Waals surface area (Å²) in [6.45, 7) is 19.7. The zero-order chi connectivity index (χ0) is 65.7. The monoisotopic (exact) mass is 1310 g/mol. The summed E-state index contributed by atoms with van der Waals surface area (Å²) in [7, 11) is 0. The first-order valence-corrected chi connectivity index (χ1v) is 28.4. The van der Waals surface area contributed by atoms with E-state index in [0.29, 0.717) is 94.5 Å². The van der Waals surface area contributed by atoms with Gasteiger partial charge >= 0.3 is 24.0 Å². The Bertz CT molecular complexity index is 2690. The van der Waals surface area contributed by atoms with E-state index >= 15 is 0 Å². The molecule has 25 heteroatoms. The predicted octanol–water partition coefficient (Wildman–Crippen LogP) is 13.4. The van der Waals surface area contributed by atoms with Gasteiger partial charge in [0.1, 0.15) is 47.4 Å². The number of benzene rings is 4. The number of carbonyl (C=O) groups is 7. The lowest BCUT2D eigenvalue weighted by molar-refractivity contribution is -0.159. The van der Waals surface area contributed by atoms with Gasteiger partial charge in [-0.25, -0.2) is 18.0 Å². The third-order valence-electron chi connectivity index (χ3n) is 9.76. The van der Waals surface area contributed by atoms with Gasteiger partial charge in [-0.15, -0.1) is 12.4 Å². The van der Waals surface area contributed by atoms with Crippen molar-refractivity contribution < 1.29 is 80.6 Å². The van der Waals surface area contributed by atoms with Crippen LogP contribution in [-0.4, -0.2) is 94.8 Å². The molecule has 20 nitrogen and oxygen atoms in total. The van der Waals surface area contributed by atoms with Crippen LogP contribution in [0.4, 0.5) is 40.7 Å². The minimum atomic E-state index is -0.553. The largest absolute Gasteiger partial charge is 0.508 e. The van der Waals surface area contributed by atoms with Gasteiger partial charge in [-0.1, -0.05) is 50.5 Å². The van der Waals surface area contributed by atoms with E-state index in [2.05, 4.69) is 41.9 Å². The smallest absolute Gasteiger partial charge is 0.407 e. The molecule has 87 heavy (non-hydrogen) atoms. The van der Waals surface area contributed by atoms with Crippen LogP contribution in [0.15, 0.2) is 133 Å². The molecule has 0 aliphatic heterocycles. The number of phenols is 2. The normalized spacial score (nSPS) is 10.7. The lowest BCUT2D eigenvalue weighted by Gasteiger charge is -2.19. The minimum absolute atomic E-state index is 0. The molecular weight excluding hydrogens is 1230 g/mol. The molecule has 0 fully saturated rings. The number of hydrogen-bond acceptors (Lipinski definition) is 16. The molecule has 0 saturated carbocycles. The molecule has 0 aliphatic carbocycles. The number of aromatic hydroxyl groups is 2. The topological polar surface area (TPSA) is 306 Å². The Hall–Kier alpha value is -8.09. The number of phenolic OH excluding ortho intramolecular Hbond substituents is 2. The molecule has 0 radical (unpaired) electrons. The summed E-state index contributed by atoms with van der Waals surface area (Å²) in [4.78, 5) is 76.8. The van der Waals surface area contributed by atoms with Crippen molar-refractivity contribution in [3.05, 3.63) is 133 Å². The van der Waals surface area contributed by atoms with E-state index < -0.39 is 29.2 Å². The van der Waals surface area contributed by atoms with Crippen LogP contribution >= 0.6 is 28.3 Å². The van der Waals surface area contributed by atoms with Gasteiger partial charge in [0.2, 0.25) is 17.7 Å². The molecular formula is C62H87BrClF3N6O14. The molecule has 4 aromatic carbocycles. The van der Waals surface area contributed by atoms with Gasteiger partial charge in [0.25, 0.3) is 0 Å². The van der Waals surface area contributed by atoms with E-state index in [-0.39, 0.29) is 99.6 Å². The third-order valence-corrected chi connectivity index (χ3v) is 10.5. The van der Waals surface area contributed by atoms with Crippen molar-refractivity contribution in [3.63, 3.8) is 0 Å². The van der Waals surface area contributed by atoms with Gasteiger partial charge in [0.15, 0.2) is 0 Å². The average Bonchev–Trinajstić information content (AvgIpc) is 3.62. The first-order chi connectivity index (χ1) is 40.5. The van der Waals surface area contributed by atoms with Crippen LogP contribution in [-0.2, 0) is 43.0 Å². The van der Waals surface area contributed by atoms with Crippen molar-refractivity contribution in [3.8, 4) is 23.0 Å². The van der Waals surface area contributed by atoms with Gasteiger partial charge in [-0.05, 0) is 156 Å². The zero-order valence-electron chi connectivity index (χ0n) is 51.3. The fraction of sp³-hybridized carbons (Fsp3) is 0.403. The number of rotatable bonds is 21. The molecule has 0 saturated heterocycles. The zero-order valence-corrected chi connectivity index (χ0v) is 53.7. The van der Waals surface area contributed by atoms with E-state index in [0.717, 1.165) is 0 Å². The highest BCUT2D eigenvalue weighted by Gasteiger charge is 2.17. The van der Waals surface area contributed by atoms with Crippen molar-refractivity contribution in [1.29, 1.82) is 0 Å². The first kappa shape index (κ1) is 83.1. The van der Waals surface area contributed by atoms with E-state index in [1.807, 2.05) is 0 Å². The fourth-order valence-corrected chi connectivity index (χ4v) is 5.54. The molecule has 4 rings (SSSR count). The Kier molecular flexibility index (Phi) is 45.9. The molecule has 0 heterocycles. The predicted molar refractivity (Wildman–Crippen MR) is 340 cm³/mol. The van der Waals surface area contributed by atoms with Crippen molar-refractivity contribution in [2.24, 2.45) is 5.73 Å². The molecule has 0 unspecified atom stereocenters. The first-order valence-electron chi connectivity index (χ1n) is 27.2. The van der Waals surface area contributed by atoms with Crippen LogP contribution in [0.5, 0.6) is 23.0 Å². The molecule has 0 aromatic heterocycles. The summed E-state index contributed by atoms with van der Waals surface area (Å²) >= 11 is 3.09. The maximum Gasteiger partial charge on any atom is 0.407 e. The number of ether oxygens (including phenoxy) is 5. The summed E-state index contributed by atoms with van der Waals surface area (Å²) < 4.78 is 62.5. The molecule has 0 spiro atoms. The molecule has 0 bridgehead atoms. The summed E-state index contributed by atoms with van der Waals surface area (Å²) in [5.41, 5.74) is 13.5. The van der Waals surface area contributed by atoms with Gasteiger partial charge in [-0.2, -0.15) is 0 Å². The number of alkyl halides is 1. The van der Waals surface area contributed by atoms with Crippen molar-refractivity contribution in [1.82, 2.24) is 5.32 Å². The Labute approximate surface area is 523 Å². The van der Waals surface area contributed by atoms with E-state index in [9.17, 15) is 46.7 Å². The van der Waals surface area contributed by atoms with Gasteiger partial charge in [-0.3, -0.25) is 28.8 Å². The maximum absolute atomic E-state index is 13.0. The number of amides is 4. The van der Waals surface area contributed by atoms with E-state index in [1.165, 1.54) is 12.1 Å². The van der Waals surface area contributed by atoms with Crippen molar-refractivity contribution in [2.45, 2.75) is 132 Å². The maximum atomic E-state index is 13.0. The van der Waals surface area contributed by atoms with E-state index in [4.69, 9.17) is 40.6 Å². The number of halogens is 5. The third kappa shape index (κ3) is 46.8. The van der Waals surface area contributed by atoms with Gasteiger partial charge in [0, 0.05) is 85.3 Å². The Morgan fingerprint density at radius 2 is 0.874 bits per heavy atom. The summed E-state index contributed by atoms with van der Waals surface area (Å²) in [6.07, 6.45) is 2.97. The SMILES string of the molecule is CC(C)(C)OC(=O)NC/C(=C\F)CBr.CCC(=O)Nc1ccc(O)cc1.CCC(=O)Nc1ccc(OC/C(=C/F)CCC(=O)OC(C)(C)C)cc1.CCC(=O)Nc1ccc(OC/C(=C/F)CN)cc1.CCC(=O)OC(=O)CC.Cl.Nc1ccc(O)cc1. The van der Waals surface area contributed by atoms with Crippen LogP contribution in [0.2, 0.25) is 0 Å². The number of nitrogens with two attached hydrogens (primary N) is 2. The quantitative estimate of drug-likeness (QED) is 0.00960. The van der Waals surface area contributed by atoms with E-state index in [1.54, 1.807) is 161 Å². The molecule has 10 N–H and O–H groups in total. The molecule has 4 amide bonds. The van der Waals surface area contributed by atoms with Crippen LogP contribution in [0.3, 0.4) is 0 Å². The lowest BCUT2D eigenvalue weighted by Crippen LogP contribution is -2.33. The number of nitrogen functional groups attached to an aromatic ring is 1. The summed E-state index contributed by atoms with van der Waals surface area (Å²) in [5.74, 6) is 0.160. The second-order valence-corrected chi connectivity index (χ2v) is 20.2.